The summed E-state index contributed by atoms with van der Waals surface area (Å²) in [4.78, 5) is 0. The van der Waals surface area contributed by atoms with E-state index < -0.39 is 20.1 Å². The van der Waals surface area contributed by atoms with Crippen LogP contribution in [0.15, 0.2) is 18.2 Å². The zero-order valence-electron chi connectivity index (χ0n) is 11.7. The van der Waals surface area contributed by atoms with E-state index in [1.54, 1.807) is 0 Å². The quantitative estimate of drug-likeness (QED) is 0.633. The SMILES string of the molecule is CC(C)(C)[Si](C)(C)Oc1cc(C(F)(F)F)ccc1Cl. The molecule has 0 bridgehead atoms. The molecular weight excluding hydrogens is 293 g/mol. The third-order valence-electron chi connectivity index (χ3n) is 3.43. The van der Waals surface area contributed by atoms with E-state index in [1.165, 1.54) is 6.07 Å². The van der Waals surface area contributed by atoms with E-state index in [1.807, 2.05) is 33.9 Å². The molecular formula is C13H18ClF3OSi. The Morgan fingerprint density at radius 2 is 1.63 bits per heavy atom. The molecule has 108 valence electrons. The molecule has 19 heavy (non-hydrogen) atoms. The summed E-state index contributed by atoms with van der Waals surface area (Å²) in [5.41, 5.74) is -0.745. The summed E-state index contributed by atoms with van der Waals surface area (Å²) in [5, 5.41) is 0.0997. The van der Waals surface area contributed by atoms with Crippen LogP contribution < -0.4 is 4.43 Å². The van der Waals surface area contributed by atoms with Gasteiger partial charge in [-0.15, -0.1) is 0 Å². The first-order chi connectivity index (χ1) is 8.34. The van der Waals surface area contributed by atoms with Crippen LogP contribution in [0.2, 0.25) is 23.2 Å². The molecule has 0 saturated carbocycles. The molecule has 0 aliphatic carbocycles. The van der Waals surface area contributed by atoms with E-state index in [0.29, 0.717) is 0 Å². The van der Waals surface area contributed by atoms with Crippen molar-refractivity contribution >= 4 is 19.9 Å². The Labute approximate surface area is 117 Å². The van der Waals surface area contributed by atoms with Gasteiger partial charge in [-0.2, -0.15) is 13.2 Å². The van der Waals surface area contributed by atoms with Gasteiger partial charge in [-0.1, -0.05) is 32.4 Å². The molecule has 0 aliphatic heterocycles. The third kappa shape index (κ3) is 3.89. The lowest BCUT2D eigenvalue weighted by Crippen LogP contribution is -2.44. The van der Waals surface area contributed by atoms with E-state index in [2.05, 4.69) is 0 Å². The Morgan fingerprint density at radius 1 is 1.11 bits per heavy atom. The summed E-state index contributed by atoms with van der Waals surface area (Å²) < 4.78 is 43.9. The molecule has 0 aromatic heterocycles. The Bertz CT molecular complexity index is 464. The first kappa shape index (κ1) is 16.4. The van der Waals surface area contributed by atoms with Crippen LogP contribution in [0, 0.1) is 0 Å². The summed E-state index contributed by atoms with van der Waals surface area (Å²) in [7, 11) is -2.21. The second-order valence-corrected chi connectivity index (χ2v) is 11.1. The highest BCUT2D eigenvalue weighted by Gasteiger charge is 2.40. The van der Waals surface area contributed by atoms with Crippen LogP contribution >= 0.6 is 11.6 Å². The van der Waals surface area contributed by atoms with E-state index >= 15 is 0 Å². The second-order valence-electron chi connectivity index (χ2n) is 6.01. The summed E-state index contributed by atoms with van der Waals surface area (Å²) in [6.07, 6.45) is -4.39. The van der Waals surface area contributed by atoms with Crippen LogP contribution in [0.4, 0.5) is 13.2 Å². The molecule has 1 rings (SSSR count). The second kappa shape index (κ2) is 5.02. The first-order valence-corrected chi connectivity index (χ1v) is 9.19. The van der Waals surface area contributed by atoms with Crippen molar-refractivity contribution in [2.24, 2.45) is 0 Å². The van der Waals surface area contributed by atoms with E-state index in [9.17, 15) is 13.2 Å². The summed E-state index contributed by atoms with van der Waals surface area (Å²) >= 11 is 5.93. The minimum absolute atomic E-state index is 0.107. The predicted molar refractivity (Wildman–Crippen MR) is 74.3 cm³/mol. The smallest absolute Gasteiger partial charge is 0.416 e. The van der Waals surface area contributed by atoms with Crippen LogP contribution in [-0.4, -0.2) is 8.32 Å². The Morgan fingerprint density at radius 3 is 2.05 bits per heavy atom. The molecule has 0 radical (unpaired) electrons. The van der Waals surface area contributed by atoms with Crippen molar-refractivity contribution in [3.63, 3.8) is 0 Å². The fraction of sp³-hybridized carbons (Fsp3) is 0.538. The topological polar surface area (TPSA) is 9.23 Å². The van der Waals surface area contributed by atoms with Gasteiger partial charge in [-0.25, -0.2) is 0 Å². The average molecular weight is 311 g/mol. The van der Waals surface area contributed by atoms with Crippen molar-refractivity contribution in [2.75, 3.05) is 0 Å². The third-order valence-corrected chi connectivity index (χ3v) is 8.08. The largest absolute Gasteiger partial charge is 0.542 e. The lowest BCUT2D eigenvalue weighted by molar-refractivity contribution is -0.137. The van der Waals surface area contributed by atoms with Crippen LogP contribution in [0.3, 0.4) is 0 Å². The van der Waals surface area contributed by atoms with Crippen molar-refractivity contribution in [1.82, 2.24) is 0 Å². The molecule has 0 aliphatic rings. The lowest BCUT2D eigenvalue weighted by Gasteiger charge is -2.36. The minimum Gasteiger partial charge on any atom is -0.542 e. The lowest BCUT2D eigenvalue weighted by atomic mass is 10.2. The molecule has 1 aromatic carbocycles. The molecule has 0 spiro atoms. The maximum Gasteiger partial charge on any atom is 0.416 e. The number of hydrogen-bond acceptors (Lipinski definition) is 1. The van der Waals surface area contributed by atoms with Gasteiger partial charge in [0, 0.05) is 0 Å². The van der Waals surface area contributed by atoms with Gasteiger partial charge in [0.05, 0.1) is 10.6 Å². The fourth-order valence-electron chi connectivity index (χ4n) is 1.19. The zero-order chi connectivity index (χ0) is 15.1. The van der Waals surface area contributed by atoms with E-state index in [-0.39, 0.29) is 15.8 Å². The number of hydrogen-bond donors (Lipinski definition) is 0. The number of alkyl halides is 3. The average Bonchev–Trinajstić information content (AvgIpc) is 2.17. The van der Waals surface area contributed by atoms with E-state index in [4.69, 9.17) is 16.0 Å². The minimum atomic E-state index is -4.39. The van der Waals surface area contributed by atoms with Crippen LogP contribution in [0.1, 0.15) is 26.3 Å². The highest BCUT2D eigenvalue weighted by Crippen LogP contribution is 2.41. The molecule has 0 atom stereocenters. The van der Waals surface area contributed by atoms with Crippen LogP contribution in [-0.2, 0) is 6.18 Å². The maximum atomic E-state index is 12.7. The van der Waals surface area contributed by atoms with Gasteiger partial charge < -0.3 is 4.43 Å². The van der Waals surface area contributed by atoms with Crippen LogP contribution in [0.5, 0.6) is 5.75 Å². The molecule has 1 aromatic rings. The molecule has 0 saturated heterocycles. The Balaban J connectivity index is 3.15. The van der Waals surface area contributed by atoms with Gasteiger partial charge in [0.15, 0.2) is 0 Å². The summed E-state index contributed by atoms with van der Waals surface area (Å²) in [6.45, 7) is 9.97. The van der Waals surface area contributed by atoms with Gasteiger partial charge >= 0.3 is 6.18 Å². The molecule has 0 N–H and O–H groups in total. The first-order valence-electron chi connectivity index (χ1n) is 5.90. The van der Waals surface area contributed by atoms with Crippen molar-refractivity contribution in [1.29, 1.82) is 0 Å². The number of benzene rings is 1. The summed E-state index contributed by atoms with van der Waals surface area (Å²) in [5.74, 6) is 0.114. The predicted octanol–water partition coefficient (Wildman–Crippen LogP) is 5.74. The van der Waals surface area contributed by atoms with Crippen molar-refractivity contribution in [2.45, 2.75) is 45.1 Å². The highest BCUT2D eigenvalue weighted by molar-refractivity contribution is 6.74. The monoisotopic (exact) mass is 310 g/mol. The normalized spacial score (nSPS) is 13.5. The van der Waals surface area contributed by atoms with Gasteiger partial charge in [0.25, 0.3) is 8.32 Å². The standard InChI is InChI=1S/C13H18ClF3OSi/c1-12(2,3)19(4,5)18-11-8-9(13(15,16)17)6-7-10(11)14/h6-8H,1-5H3. The van der Waals surface area contributed by atoms with Crippen molar-refractivity contribution in [3.8, 4) is 5.75 Å². The molecule has 6 heteroatoms. The highest BCUT2D eigenvalue weighted by atomic mass is 35.5. The summed E-state index contributed by atoms with van der Waals surface area (Å²) in [6, 6.07) is 3.16. The Hall–Kier alpha value is -0.683. The maximum absolute atomic E-state index is 12.7. The van der Waals surface area contributed by atoms with E-state index in [0.717, 1.165) is 12.1 Å². The molecule has 0 unspecified atom stereocenters. The Kier molecular flexibility index (Phi) is 4.32. The molecule has 0 heterocycles. The molecule has 0 amide bonds. The van der Waals surface area contributed by atoms with Gasteiger partial charge in [-0.05, 0) is 36.3 Å². The zero-order valence-corrected chi connectivity index (χ0v) is 13.4. The fourth-order valence-corrected chi connectivity index (χ4v) is 2.43. The molecule has 1 nitrogen and oxygen atoms in total. The molecule has 0 fully saturated rings. The van der Waals surface area contributed by atoms with Gasteiger partial charge in [-0.3, -0.25) is 0 Å². The number of halogens is 4. The van der Waals surface area contributed by atoms with Crippen molar-refractivity contribution < 1.29 is 17.6 Å². The van der Waals surface area contributed by atoms with Gasteiger partial charge in [0.1, 0.15) is 5.75 Å². The number of rotatable bonds is 2. The van der Waals surface area contributed by atoms with Crippen LogP contribution in [0.25, 0.3) is 0 Å². The van der Waals surface area contributed by atoms with Crippen molar-refractivity contribution in [3.05, 3.63) is 28.8 Å². The van der Waals surface area contributed by atoms with Gasteiger partial charge in [0.2, 0.25) is 0 Å².